The summed E-state index contributed by atoms with van der Waals surface area (Å²) in [6, 6.07) is 6.28. The molecule has 1 aliphatic carbocycles. The molecule has 3 N–H and O–H groups in total. The van der Waals surface area contributed by atoms with E-state index in [0.717, 1.165) is 19.3 Å². The van der Waals surface area contributed by atoms with Crippen LogP contribution in [0.5, 0.6) is 0 Å². The Morgan fingerprint density at radius 1 is 1.33 bits per heavy atom. The van der Waals surface area contributed by atoms with Crippen molar-refractivity contribution < 1.29 is 13.2 Å². The maximum absolute atomic E-state index is 12.7. The van der Waals surface area contributed by atoms with Crippen LogP contribution in [0.3, 0.4) is 0 Å². The molecule has 1 saturated carbocycles. The predicted molar refractivity (Wildman–Crippen MR) is 81.3 cm³/mol. The number of sulfonamides is 1. The van der Waals surface area contributed by atoms with Gasteiger partial charge in [-0.25, -0.2) is 8.42 Å². The maximum Gasteiger partial charge on any atom is 0.243 e. The summed E-state index contributed by atoms with van der Waals surface area (Å²) >= 11 is 0. The molecule has 1 fully saturated rings. The van der Waals surface area contributed by atoms with Crippen LogP contribution in [0.2, 0.25) is 0 Å². The highest BCUT2D eigenvalue weighted by Gasteiger charge is 2.34. The molecule has 0 atom stereocenters. The molecular weight excluding hydrogens is 290 g/mol. The van der Waals surface area contributed by atoms with Crippen molar-refractivity contribution in [2.75, 3.05) is 18.4 Å². The van der Waals surface area contributed by atoms with Gasteiger partial charge in [0.2, 0.25) is 15.9 Å². The number of carbonyl (C=O) groups is 1. The van der Waals surface area contributed by atoms with Crippen LogP contribution in [0.25, 0.3) is 0 Å². The summed E-state index contributed by atoms with van der Waals surface area (Å²) in [5, 5.41) is 2.62. The van der Waals surface area contributed by atoms with E-state index in [9.17, 15) is 13.2 Å². The third kappa shape index (κ3) is 3.61. The average Bonchev–Trinajstić information content (AvgIpc) is 2.36. The van der Waals surface area contributed by atoms with Crippen molar-refractivity contribution in [2.45, 2.75) is 37.1 Å². The summed E-state index contributed by atoms with van der Waals surface area (Å²) in [6.45, 7) is 2.05. The van der Waals surface area contributed by atoms with Crippen LogP contribution >= 0.6 is 0 Å². The van der Waals surface area contributed by atoms with E-state index in [1.165, 1.54) is 23.4 Å². The Kier molecular flexibility index (Phi) is 4.97. The summed E-state index contributed by atoms with van der Waals surface area (Å²) < 4.78 is 26.8. The Morgan fingerprint density at radius 3 is 2.38 bits per heavy atom. The highest BCUT2D eigenvalue weighted by molar-refractivity contribution is 7.89. The van der Waals surface area contributed by atoms with Gasteiger partial charge in [-0.3, -0.25) is 4.79 Å². The van der Waals surface area contributed by atoms with Gasteiger partial charge >= 0.3 is 0 Å². The average molecular weight is 311 g/mol. The number of nitrogens with one attached hydrogen (secondary N) is 1. The Bertz CT molecular complexity index is 594. The van der Waals surface area contributed by atoms with E-state index < -0.39 is 10.0 Å². The predicted octanol–water partition coefficient (Wildman–Crippen LogP) is 1.15. The van der Waals surface area contributed by atoms with Gasteiger partial charge in [-0.15, -0.1) is 0 Å². The molecule has 1 aliphatic rings. The quantitative estimate of drug-likeness (QED) is 0.824. The molecule has 0 aliphatic heterocycles. The highest BCUT2D eigenvalue weighted by Crippen LogP contribution is 2.29. The minimum absolute atomic E-state index is 0.0635. The van der Waals surface area contributed by atoms with E-state index in [4.69, 9.17) is 5.73 Å². The van der Waals surface area contributed by atoms with Gasteiger partial charge in [0.15, 0.2) is 0 Å². The van der Waals surface area contributed by atoms with Crippen LogP contribution in [0.1, 0.15) is 26.2 Å². The molecule has 0 spiro atoms. The van der Waals surface area contributed by atoms with E-state index in [-0.39, 0.29) is 16.8 Å². The highest BCUT2D eigenvalue weighted by atomic mass is 32.2. The van der Waals surface area contributed by atoms with E-state index in [1.54, 1.807) is 12.1 Å². The van der Waals surface area contributed by atoms with Gasteiger partial charge in [-0.05, 0) is 37.1 Å². The molecule has 6 nitrogen and oxygen atoms in total. The summed E-state index contributed by atoms with van der Waals surface area (Å²) in [4.78, 5) is 11.2. The van der Waals surface area contributed by atoms with Gasteiger partial charge in [0, 0.05) is 31.7 Å². The largest absolute Gasteiger partial charge is 0.329 e. The Morgan fingerprint density at radius 2 is 1.95 bits per heavy atom. The first kappa shape index (κ1) is 15.9. The van der Waals surface area contributed by atoms with Crippen LogP contribution in [0, 0.1) is 0 Å². The van der Waals surface area contributed by atoms with E-state index in [0.29, 0.717) is 18.8 Å². The van der Waals surface area contributed by atoms with Crippen LogP contribution in [-0.2, 0) is 14.8 Å². The number of hydrogen-bond acceptors (Lipinski definition) is 4. The summed E-state index contributed by atoms with van der Waals surface area (Å²) in [6.07, 6.45) is 2.84. The fraction of sp³-hybridized carbons (Fsp3) is 0.500. The molecule has 1 amide bonds. The number of anilines is 1. The van der Waals surface area contributed by atoms with Gasteiger partial charge in [0.1, 0.15) is 0 Å². The molecule has 0 unspecified atom stereocenters. The van der Waals surface area contributed by atoms with Crippen LogP contribution < -0.4 is 11.1 Å². The number of carbonyl (C=O) groups excluding carboxylic acids is 1. The third-order valence-electron chi connectivity index (χ3n) is 3.61. The lowest BCUT2D eigenvalue weighted by atomic mass is 9.93. The SMILES string of the molecule is CC(=O)Nc1ccc(S(=O)(=O)N(CCN)C2CCC2)cc1. The van der Waals surface area contributed by atoms with E-state index >= 15 is 0 Å². The summed E-state index contributed by atoms with van der Waals surface area (Å²) in [5.74, 6) is -0.190. The van der Waals surface area contributed by atoms with Gasteiger partial charge < -0.3 is 11.1 Å². The second-order valence-corrected chi connectivity index (χ2v) is 7.09. The van der Waals surface area contributed by atoms with Crippen molar-refractivity contribution >= 4 is 21.6 Å². The molecule has 1 aromatic rings. The molecule has 2 rings (SSSR count). The number of rotatable bonds is 6. The molecular formula is C14H21N3O3S. The first-order chi connectivity index (χ1) is 9.95. The molecule has 0 bridgehead atoms. The minimum atomic E-state index is -3.53. The van der Waals surface area contributed by atoms with Gasteiger partial charge in [-0.2, -0.15) is 4.31 Å². The molecule has 1 aromatic carbocycles. The second kappa shape index (κ2) is 6.55. The van der Waals surface area contributed by atoms with E-state index in [1.807, 2.05) is 0 Å². The fourth-order valence-corrected chi connectivity index (χ4v) is 4.05. The normalized spacial score (nSPS) is 15.8. The lowest BCUT2D eigenvalue weighted by Gasteiger charge is -2.36. The van der Waals surface area contributed by atoms with Crippen molar-refractivity contribution in [3.8, 4) is 0 Å². The van der Waals surface area contributed by atoms with Crippen LogP contribution in [-0.4, -0.2) is 37.8 Å². The lowest BCUT2D eigenvalue weighted by molar-refractivity contribution is -0.114. The van der Waals surface area contributed by atoms with Crippen molar-refractivity contribution in [2.24, 2.45) is 5.73 Å². The molecule has 0 radical (unpaired) electrons. The smallest absolute Gasteiger partial charge is 0.243 e. The molecule has 7 heteroatoms. The zero-order valence-electron chi connectivity index (χ0n) is 12.1. The zero-order valence-corrected chi connectivity index (χ0v) is 12.9. The molecule has 21 heavy (non-hydrogen) atoms. The Labute approximate surface area is 125 Å². The number of nitrogens with two attached hydrogens (primary N) is 1. The number of hydrogen-bond donors (Lipinski definition) is 2. The number of benzene rings is 1. The first-order valence-corrected chi connectivity index (χ1v) is 8.48. The standard InChI is InChI=1S/C14H21N3O3S/c1-11(18)16-12-5-7-14(8-6-12)21(19,20)17(10-9-15)13-3-2-4-13/h5-8,13H,2-4,9-10,15H2,1H3,(H,16,18). The van der Waals surface area contributed by atoms with Gasteiger partial charge in [-0.1, -0.05) is 6.42 Å². The minimum Gasteiger partial charge on any atom is -0.329 e. The summed E-state index contributed by atoms with van der Waals surface area (Å²) in [5.41, 5.74) is 6.13. The van der Waals surface area contributed by atoms with E-state index in [2.05, 4.69) is 5.32 Å². The maximum atomic E-state index is 12.7. The van der Waals surface area contributed by atoms with Crippen LogP contribution in [0.15, 0.2) is 29.2 Å². The topological polar surface area (TPSA) is 92.5 Å². The Balaban J connectivity index is 2.22. The zero-order chi connectivity index (χ0) is 15.5. The van der Waals surface area contributed by atoms with Crippen molar-refractivity contribution in [3.63, 3.8) is 0 Å². The lowest BCUT2D eigenvalue weighted by Crippen LogP contribution is -2.46. The van der Waals surface area contributed by atoms with Gasteiger partial charge in [0.05, 0.1) is 4.90 Å². The van der Waals surface area contributed by atoms with Gasteiger partial charge in [0.25, 0.3) is 0 Å². The Hall–Kier alpha value is -1.44. The van der Waals surface area contributed by atoms with Crippen molar-refractivity contribution in [1.82, 2.24) is 4.31 Å². The first-order valence-electron chi connectivity index (χ1n) is 7.04. The molecule has 0 heterocycles. The number of amides is 1. The summed E-state index contributed by atoms with van der Waals surface area (Å²) in [7, 11) is -3.53. The third-order valence-corrected chi connectivity index (χ3v) is 5.58. The van der Waals surface area contributed by atoms with Crippen LogP contribution in [0.4, 0.5) is 5.69 Å². The number of nitrogens with zero attached hydrogens (tertiary/aromatic N) is 1. The van der Waals surface area contributed by atoms with Crippen molar-refractivity contribution in [3.05, 3.63) is 24.3 Å². The fourth-order valence-electron chi connectivity index (χ4n) is 2.35. The second-order valence-electron chi connectivity index (χ2n) is 5.19. The monoisotopic (exact) mass is 311 g/mol. The molecule has 0 saturated heterocycles. The molecule has 0 aromatic heterocycles. The van der Waals surface area contributed by atoms with Crippen molar-refractivity contribution in [1.29, 1.82) is 0 Å². The molecule has 116 valence electrons.